The smallest absolute Gasteiger partial charge is 0.155 e. The fourth-order valence-corrected chi connectivity index (χ4v) is 7.58. The van der Waals surface area contributed by atoms with Crippen LogP contribution in [0.15, 0.2) is 84.2 Å². The maximum atomic E-state index is 12.5. The summed E-state index contributed by atoms with van der Waals surface area (Å²) in [5.41, 5.74) is 7.27. The van der Waals surface area contributed by atoms with Gasteiger partial charge in [0.1, 0.15) is 0 Å². The molecule has 2 saturated carbocycles. The van der Waals surface area contributed by atoms with Crippen molar-refractivity contribution in [3.05, 3.63) is 95.4 Å². The maximum Gasteiger partial charge on any atom is 0.155 e. The molecule has 0 N–H and O–H groups in total. The highest BCUT2D eigenvalue weighted by Gasteiger charge is 2.56. The summed E-state index contributed by atoms with van der Waals surface area (Å²) in [5.74, 6) is 1.82. The third-order valence-electron chi connectivity index (χ3n) is 9.23. The summed E-state index contributed by atoms with van der Waals surface area (Å²) in [6.07, 6.45) is 15.9. The van der Waals surface area contributed by atoms with Crippen LogP contribution in [0.1, 0.15) is 63.0 Å². The van der Waals surface area contributed by atoms with Crippen molar-refractivity contribution in [2.45, 2.75) is 51.9 Å². The molecule has 2 heteroatoms. The molecule has 4 aliphatic rings. The molecule has 1 aromatic heterocycles. The molecule has 1 aromatic carbocycles. The van der Waals surface area contributed by atoms with Crippen molar-refractivity contribution in [1.82, 2.24) is 4.98 Å². The largest absolute Gasteiger partial charge is 0.295 e. The molecule has 0 amide bonds. The minimum atomic E-state index is 0.0908. The number of fused-ring (bicyclic) bond motifs is 5. The van der Waals surface area contributed by atoms with Crippen molar-refractivity contribution < 1.29 is 4.79 Å². The molecule has 4 aliphatic carbocycles. The summed E-state index contributed by atoms with van der Waals surface area (Å²) in [4.78, 5) is 16.9. The molecule has 0 saturated heterocycles. The van der Waals surface area contributed by atoms with Gasteiger partial charge in [0.2, 0.25) is 0 Å². The first-order valence-electron chi connectivity index (χ1n) is 12.1. The lowest BCUT2D eigenvalue weighted by Crippen LogP contribution is -2.49. The van der Waals surface area contributed by atoms with Gasteiger partial charge in [-0.3, -0.25) is 9.78 Å². The number of carbonyl (C=O) groups excluding carboxylic acids is 1. The van der Waals surface area contributed by atoms with Crippen molar-refractivity contribution in [3.63, 3.8) is 0 Å². The van der Waals surface area contributed by atoms with Gasteiger partial charge in [0, 0.05) is 30.1 Å². The SMILES string of the molecule is C[C@]12CC[C@H]3[C@@H](CC(c4ccccc4)C4=CC(=O)CC[C@@]43C)C1=CC=C2c1cccnc1. The van der Waals surface area contributed by atoms with Crippen LogP contribution in [0, 0.1) is 22.7 Å². The van der Waals surface area contributed by atoms with Crippen LogP contribution < -0.4 is 0 Å². The summed E-state index contributed by atoms with van der Waals surface area (Å²) in [5, 5.41) is 0. The Balaban J connectivity index is 1.43. The van der Waals surface area contributed by atoms with Gasteiger partial charge in [-0.1, -0.05) is 73.5 Å². The van der Waals surface area contributed by atoms with Crippen molar-refractivity contribution in [1.29, 1.82) is 0 Å². The topological polar surface area (TPSA) is 30.0 Å². The number of nitrogens with zero attached hydrogens (tertiary/aromatic N) is 1. The summed E-state index contributed by atoms with van der Waals surface area (Å²) < 4.78 is 0. The molecule has 162 valence electrons. The molecule has 6 rings (SSSR count). The quantitative estimate of drug-likeness (QED) is 0.527. The van der Waals surface area contributed by atoms with Crippen LogP contribution in [0.2, 0.25) is 0 Å². The molecule has 32 heavy (non-hydrogen) atoms. The summed E-state index contributed by atoms with van der Waals surface area (Å²) in [7, 11) is 0. The highest BCUT2D eigenvalue weighted by atomic mass is 16.1. The number of pyridine rings is 1. The third-order valence-corrected chi connectivity index (χ3v) is 9.23. The van der Waals surface area contributed by atoms with E-state index in [1.54, 1.807) is 5.57 Å². The van der Waals surface area contributed by atoms with Gasteiger partial charge in [0.25, 0.3) is 0 Å². The minimum Gasteiger partial charge on any atom is -0.295 e. The lowest BCUT2D eigenvalue weighted by molar-refractivity contribution is -0.116. The van der Waals surface area contributed by atoms with E-state index in [2.05, 4.69) is 67.4 Å². The maximum absolute atomic E-state index is 12.5. The summed E-state index contributed by atoms with van der Waals surface area (Å²) in [6, 6.07) is 15.2. The van der Waals surface area contributed by atoms with E-state index in [0.717, 1.165) is 12.8 Å². The third kappa shape index (κ3) is 2.78. The molecule has 0 spiro atoms. The van der Waals surface area contributed by atoms with Gasteiger partial charge in [-0.2, -0.15) is 0 Å². The zero-order valence-corrected chi connectivity index (χ0v) is 19.1. The van der Waals surface area contributed by atoms with E-state index >= 15 is 0 Å². The first kappa shape index (κ1) is 19.9. The van der Waals surface area contributed by atoms with E-state index in [4.69, 9.17) is 0 Å². The normalized spacial score (nSPS) is 35.8. The molecule has 0 aliphatic heterocycles. The highest BCUT2D eigenvalue weighted by molar-refractivity contribution is 5.92. The lowest BCUT2D eigenvalue weighted by atomic mass is 9.46. The predicted octanol–water partition coefficient (Wildman–Crippen LogP) is 6.92. The Hall–Kier alpha value is -2.74. The Labute approximate surface area is 191 Å². The number of hydrogen-bond acceptors (Lipinski definition) is 2. The molecule has 1 heterocycles. The van der Waals surface area contributed by atoms with Crippen LogP contribution in [0.5, 0.6) is 0 Å². The first-order chi connectivity index (χ1) is 15.5. The molecule has 2 fully saturated rings. The van der Waals surface area contributed by atoms with Gasteiger partial charge in [-0.25, -0.2) is 0 Å². The molecule has 5 atom stereocenters. The number of carbonyl (C=O) groups is 1. The Morgan fingerprint density at radius 1 is 0.969 bits per heavy atom. The van der Waals surface area contributed by atoms with Gasteiger partial charge >= 0.3 is 0 Å². The Kier molecular flexibility index (Phi) is 4.44. The second kappa shape index (κ2) is 7.13. The van der Waals surface area contributed by atoms with Gasteiger partial charge in [-0.05, 0) is 71.8 Å². The standard InChI is InChI=1S/C30H31NO/c1-29-15-13-27-24(26(29)11-10-25(29)21-9-6-16-31-19-21)18-23(20-7-4-3-5-8-20)28-17-22(32)12-14-30(27,28)2/h3-11,16-17,19,23-24,27H,12-15,18H2,1-2H3/t23?,24-,27-,29+,30+/m0/s1. The summed E-state index contributed by atoms with van der Waals surface area (Å²) in [6.45, 7) is 4.92. The number of ketones is 1. The lowest BCUT2D eigenvalue weighted by Gasteiger charge is -2.58. The molecular weight excluding hydrogens is 390 g/mol. The molecule has 2 aromatic rings. The average Bonchev–Trinajstić information content (AvgIpc) is 3.18. The van der Waals surface area contributed by atoms with Gasteiger partial charge in [-0.15, -0.1) is 0 Å². The van der Waals surface area contributed by atoms with Crippen LogP contribution in [-0.2, 0) is 4.79 Å². The van der Waals surface area contributed by atoms with Crippen molar-refractivity contribution in [2.75, 3.05) is 0 Å². The van der Waals surface area contributed by atoms with Gasteiger partial charge in [0.15, 0.2) is 5.78 Å². The predicted molar refractivity (Wildman–Crippen MR) is 129 cm³/mol. The highest BCUT2D eigenvalue weighted by Crippen LogP contribution is 2.67. The zero-order chi connectivity index (χ0) is 21.9. The molecule has 0 radical (unpaired) electrons. The second-order valence-electron chi connectivity index (χ2n) is 10.7. The first-order valence-corrected chi connectivity index (χ1v) is 12.1. The van der Waals surface area contributed by atoms with E-state index in [1.165, 1.54) is 35.1 Å². The number of hydrogen-bond donors (Lipinski definition) is 0. The van der Waals surface area contributed by atoms with E-state index in [1.807, 2.05) is 24.5 Å². The average molecular weight is 422 g/mol. The minimum absolute atomic E-state index is 0.0908. The van der Waals surface area contributed by atoms with E-state index in [9.17, 15) is 4.79 Å². The zero-order valence-electron chi connectivity index (χ0n) is 19.1. The van der Waals surface area contributed by atoms with E-state index in [0.29, 0.717) is 30.0 Å². The molecule has 0 bridgehead atoms. The van der Waals surface area contributed by atoms with Crippen LogP contribution in [0.3, 0.4) is 0 Å². The van der Waals surface area contributed by atoms with Crippen LogP contribution in [-0.4, -0.2) is 10.8 Å². The molecule has 2 nitrogen and oxygen atoms in total. The second-order valence-corrected chi connectivity index (χ2v) is 10.7. The Morgan fingerprint density at radius 2 is 1.81 bits per heavy atom. The van der Waals surface area contributed by atoms with Gasteiger partial charge < -0.3 is 0 Å². The number of allylic oxidation sites excluding steroid dienone is 6. The van der Waals surface area contributed by atoms with Crippen LogP contribution in [0.25, 0.3) is 5.57 Å². The number of benzene rings is 1. The monoisotopic (exact) mass is 421 g/mol. The van der Waals surface area contributed by atoms with E-state index in [-0.39, 0.29) is 10.8 Å². The Bertz CT molecular complexity index is 1160. The molecular formula is C30H31NO. The van der Waals surface area contributed by atoms with Gasteiger partial charge in [0.05, 0.1) is 0 Å². The van der Waals surface area contributed by atoms with Crippen molar-refractivity contribution >= 4 is 11.4 Å². The summed E-state index contributed by atoms with van der Waals surface area (Å²) >= 11 is 0. The molecule has 1 unspecified atom stereocenters. The van der Waals surface area contributed by atoms with Crippen molar-refractivity contribution in [3.8, 4) is 0 Å². The number of aromatic nitrogens is 1. The fourth-order valence-electron chi connectivity index (χ4n) is 7.58. The van der Waals surface area contributed by atoms with Crippen LogP contribution >= 0.6 is 0 Å². The van der Waals surface area contributed by atoms with Crippen molar-refractivity contribution in [2.24, 2.45) is 22.7 Å². The fraction of sp³-hybridized carbons (Fsp3) is 0.400. The number of rotatable bonds is 2. The van der Waals surface area contributed by atoms with Crippen LogP contribution in [0.4, 0.5) is 0 Å². The van der Waals surface area contributed by atoms with E-state index < -0.39 is 0 Å². The Morgan fingerprint density at radius 3 is 2.59 bits per heavy atom.